The Morgan fingerprint density at radius 1 is 1.23 bits per heavy atom. The summed E-state index contributed by atoms with van der Waals surface area (Å²) in [6.07, 6.45) is 6.23. The summed E-state index contributed by atoms with van der Waals surface area (Å²) < 4.78 is 5.00. The van der Waals surface area contributed by atoms with Crippen molar-refractivity contribution in [3.8, 4) is 5.88 Å². The van der Waals surface area contributed by atoms with E-state index in [4.69, 9.17) is 4.74 Å². The van der Waals surface area contributed by atoms with E-state index < -0.39 is 0 Å². The number of methoxy groups -OCH3 is 1. The summed E-state index contributed by atoms with van der Waals surface area (Å²) in [5.74, 6) is 0.499. The van der Waals surface area contributed by atoms with Gasteiger partial charge in [0.2, 0.25) is 5.88 Å². The molecule has 22 heavy (non-hydrogen) atoms. The quantitative estimate of drug-likeness (QED) is 0.872. The molecule has 0 aliphatic carbocycles. The fraction of sp³-hybridized carbons (Fsp3) is 0.235. The highest BCUT2D eigenvalue weighted by molar-refractivity contribution is 5.94. The second-order valence-electron chi connectivity index (χ2n) is 5.03. The zero-order valence-corrected chi connectivity index (χ0v) is 12.4. The fourth-order valence-electron chi connectivity index (χ4n) is 2.45. The standard InChI is InChI=1S/C17H17N3O2/c1-22-16-6-5-14(12-19-16)17(21)20-10-7-13(8-11-20)15-4-2-3-9-18-15/h2-7,9,12H,8,10-11H2,1H3. The van der Waals surface area contributed by atoms with Gasteiger partial charge in [0, 0.05) is 31.5 Å². The van der Waals surface area contributed by atoms with Gasteiger partial charge in [-0.3, -0.25) is 9.78 Å². The van der Waals surface area contributed by atoms with Crippen LogP contribution in [0, 0.1) is 0 Å². The first-order chi connectivity index (χ1) is 10.8. The zero-order chi connectivity index (χ0) is 15.4. The van der Waals surface area contributed by atoms with Crippen LogP contribution in [0.2, 0.25) is 0 Å². The lowest BCUT2D eigenvalue weighted by Crippen LogP contribution is -2.34. The number of carbonyl (C=O) groups is 1. The third kappa shape index (κ3) is 2.98. The number of pyridine rings is 2. The molecule has 3 rings (SSSR count). The molecule has 0 spiro atoms. The number of aromatic nitrogens is 2. The van der Waals surface area contributed by atoms with Crippen LogP contribution in [0.1, 0.15) is 22.5 Å². The van der Waals surface area contributed by atoms with E-state index in [9.17, 15) is 4.79 Å². The molecular weight excluding hydrogens is 278 g/mol. The smallest absolute Gasteiger partial charge is 0.255 e. The van der Waals surface area contributed by atoms with Gasteiger partial charge in [0.1, 0.15) is 0 Å². The van der Waals surface area contributed by atoms with Crippen molar-refractivity contribution in [2.24, 2.45) is 0 Å². The summed E-state index contributed by atoms with van der Waals surface area (Å²) in [7, 11) is 1.55. The molecular formula is C17H17N3O2. The number of hydrogen-bond donors (Lipinski definition) is 0. The lowest BCUT2D eigenvalue weighted by molar-refractivity contribution is 0.0772. The van der Waals surface area contributed by atoms with E-state index in [2.05, 4.69) is 16.0 Å². The van der Waals surface area contributed by atoms with Crippen molar-refractivity contribution in [2.45, 2.75) is 6.42 Å². The van der Waals surface area contributed by atoms with Gasteiger partial charge in [-0.2, -0.15) is 0 Å². The number of amides is 1. The topological polar surface area (TPSA) is 55.3 Å². The van der Waals surface area contributed by atoms with E-state index in [1.807, 2.05) is 23.1 Å². The van der Waals surface area contributed by atoms with Gasteiger partial charge in [0.15, 0.2) is 0 Å². The summed E-state index contributed by atoms with van der Waals surface area (Å²) in [4.78, 5) is 22.7. The van der Waals surface area contributed by atoms with E-state index >= 15 is 0 Å². The molecule has 0 saturated carbocycles. The number of hydrogen-bond acceptors (Lipinski definition) is 4. The van der Waals surface area contributed by atoms with E-state index in [0.717, 1.165) is 12.1 Å². The van der Waals surface area contributed by atoms with E-state index in [1.54, 1.807) is 31.6 Å². The third-order valence-electron chi connectivity index (χ3n) is 3.68. The number of ether oxygens (including phenoxy) is 1. The predicted molar refractivity (Wildman–Crippen MR) is 83.5 cm³/mol. The van der Waals surface area contributed by atoms with Crippen molar-refractivity contribution < 1.29 is 9.53 Å². The maximum atomic E-state index is 12.4. The fourth-order valence-corrected chi connectivity index (χ4v) is 2.45. The first-order valence-corrected chi connectivity index (χ1v) is 7.17. The number of carbonyl (C=O) groups excluding carboxylic acids is 1. The summed E-state index contributed by atoms with van der Waals surface area (Å²) in [5.41, 5.74) is 2.76. The molecule has 0 radical (unpaired) electrons. The third-order valence-corrected chi connectivity index (χ3v) is 3.68. The molecule has 1 aliphatic heterocycles. The van der Waals surface area contributed by atoms with Crippen LogP contribution in [0.3, 0.4) is 0 Å². The molecule has 5 nitrogen and oxygen atoms in total. The Balaban J connectivity index is 1.70. The minimum absolute atomic E-state index is 0.00789. The molecule has 3 heterocycles. The van der Waals surface area contributed by atoms with Crippen molar-refractivity contribution in [3.63, 3.8) is 0 Å². The second kappa shape index (κ2) is 6.39. The van der Waals surface area contributed by atoms with Crippen molar-refractivity contribution in [3.05, 3.63) is 60.1 Å². The van der Waals surface area contributed by atoms with Crippen LogP contribution in [0.4, 0.5) is 0 Å². The highest BCUT2D eigenvalue weighted by atomic mass is 16.5. The van der Waals surface area contributed by atoms with Crippen molar-refractivity contribution in [1.82, 2.24) is 14.9 Å². The van der Waals surface area contributed by atoms with Gasteiger partial charge in [0.05, 0.1) is 18.4 Å². The molecule has 1 aliphatic rings. The van der Waals surface area contributed by atoms with Gasteiger partial charge < -0.3 is 9.64 Å². The van der Waals surface area contributed by atoms with Gasteiger partial charge in [-0.25, -0.2) is 4.98 Å². The lowest BCUT2D eigenvalue weighted by atomic mass is 10.0. The van der Waals surface area contributed by atoms with Crippen LogP contribution in [0.25, 0.3) is 5.57 Å². The molecule has 1 amide bonds. The highest BCUT2D eigenvalue weighted by Crippen LogP contribution is 2.21. The molecule has 0 unspecified atom stereocenters. The highest BCUT2D eigenvalue weighted by Gasteiger charge is 2.19. The summed E-state index contributed by atoms with van der Waals surface area (Å²) in [5, 5.41) is 0. The molecule has 0 N–H and O–H groups in total. The predicted octanol–water partition coefficient (Wildman–Crippen LogP) is 2.41. The molecule has 2 aromatic heterocycles. The van der Waals surface area contributed by atoms with Crippen LogP contribution >= 0.6 is 0 Å². The molecule has 2 aromatic rings. The van der Waals surface area contributed by atoms with Crippen LogP contribution in [-0.4, -0.2) is 41.0 Å². The van der Waals surface area contributed by atoms with Crippen molar-refractivity contribution in [1.29, 1.82) is 0 Å². The monoisotopic (exact) mass is 295 g/mol. The summed E-state index contributed by atoms with van der Waals surface area (Å²) in [6, 6.07) is 9.32. The van der Waals surface area contributed by atoms with E-state index in [0.29, 0.717) is 24.5 Å². The normalized spacial score (nSPS) is 14.4. The summed E-state index contributed by atoms with van der Waals surface area (Å²) >= 11 is 0. The largest absolute Gasteiger partial charge is 0.481 e. The van der Waals surface area contributed by atoms with Crippen LogP contribution in [-0.2, 0) is 0 Å². The van der Waals surface area contributed by atoms with E-state index in [1.165, 1.54) is 5.57 Å². The molecule has 0 saturated heterocycles. The van der Waals surface area contributed by atoms with Gasteiger partial charge in [0.25, 0.3) is 5.91 Å². The minimum Gasteiger partial charge on any atom is -0.481 e. The Morgan fingerprint density at radius 2 is 2.14 bits per heavy atom. The van der Waals surface area contributed by atoms with Crippen LogP contribution in [0.5, 0.6) is 5.88 Å². The molecule has 0 aromatic carbocycles. The van der Waals surface area contributed by atoms with E-state index in [-0.39, 0.29) is 5.91 Å². The molecule has 0 atom stereocenters. The van der Waals surface area contributed by atoms with Crippen molar-refractivity contribution >= 4 is 11.5 Å². The molecule has 0 fully saturated rings. The van der Waals surface area contributed by atoms with Gasteiger partial charge >= 0.3 is 0 Å². The molecule has 112 valence electrons. The summed E-state index contributed by atoms with van der Waals surface area (Å²) in [6.45, 7) is 1.28. The average molecular weight is 295 g/mol. The van der Waals surface area contributed by atoms with Gasteiger partial charge in [-0.05, 0) is 30.2 Å². The van der Waals surface area contributed by atoms with Crippen LogP contribution < -0.4 is 4.74 Å². The first-order valence-electron chi connectivity index (χ1n) is 7.17. The Bertz CT molecular complexity index is 681. The number of rotatable bonds is 3. The SMILES string of the molecule is COc1ccc(C(=O)N2CC=C(c3ccccn3)CC2)cn1. The molecule has 5 heteroatoms. The first kappa shape index (κ1) is 14.3. The van der Waals surface area contributed by atoms with Gasteiger partial charge in [-0.15, -0.1) is 0 Å². The zero-order valence-electron chi connectivity index (χ0n) is 12.4. The lowest BCUT2D eigenvalue weighted by Gasteiger charge is -2.26. The maximum Gasteiger partial charge on any atom is 0.255 e. The Labute approximate surface area is 129 Å². The maximum absolute atomic E-state index is 12.4. The second-order valence-corrected chi connectivity index (χ2v) is 5.03. The van der Waals surface area contributed by atoms with Crippen LogP contribution in [0.15, 0.2) is 48.8 Å². The number of nitrogens with zero attached hydrogens (tertiary/aromatic N) is 3. The Kier molecular flexibility index (Phi) is 4.14. The Hall–Kier alpha value is -2.69. The Morgan fingerprint density at radius 3 is 2.73 bits per heavy atom. The van der Waals surface area contributed by atoms with Crippen molar-refractivity contribution in [2.75, 3.05) is 20.2 Å². The molecule has 0 bridgehead atoms. The minimum atomic E-state index is -0.00789. The van der Waals surface area contributed by atoms with Gasteiger partial charge in [-0.1, -0.05) is 12.1 Å². The average Bonchev–Trinajstić information content (AvgIpc) is 2.62.